The summed E-state index contributed by atoms with van der Waals surface area (Å²) < 4.78 is 4.96. The average Bonchev–Trinajstić information content (AvgIpc) is 2.37. The van der Waals surface area contributed by atoms with E-state index in [1.807, 2.05) is 0 Å². The van der Waals surface area contributed by atoms with Crippen molar-refractivity contribution in [3.63, 3.8) is 0 Å². The van der Waals surface area contributed by atoms with Crippen molar-refractivity contribution in [1.29, 1.82) is 0 Å². The minimum atomic E-state index is -0.118. The second-order valence-corrected chi connectivity index (χ2v) is 2.07. The van der Waals surface area contributed by atoms with E-state index < -0.39 is 0 Å². The largest absolute Gasteiger partial charge is 0.381 e. The van der Waals surface area contributed by atoms with Gasteiger partial charge in [-0.1, -0.05) is 0 Å². The van der Waals surface area contributed by atoms with Gasteiger partial charge in [-0.3, -0.25) is 4.79 Å². The fourth-order valence-electron chi connectivity index (χ4n) is 0.859. The van der Waals surface area contributed by atoms with Gasteiger partial charge in [0.1, 0.15) is 0 Å². The zero-order valence-corrected chi connectivity index (χ0v) is 5.09. The highest BCUT2D eigenvalue weighted by molar-refractivity contribution is 5.96. The molecule has 1 rings (SSSR count). The molecule has 0 amide bonds. The SMILES string of the molecule is C#CC(=O)C1CCOC1. The van der Waals surface area contributed by atoms with Gasteiger partial charge in [-0.25, -0.2) is 0 Å². The molecule has 2 heteroatoms. The predicted octanol–water partition coefficient (Wildman–Crippen LogP) is 0.225. The molecule has 0 N–H and O–H groups in total. The number of carbonyl (C=O) groups excluding carboxylic acids is 1. The van der Waals surface area contributed by atoms with Crippen LogP contribution >= 0.6 is 0 Å². The Hall–Kier alpha value is -0.810. The Kier molecular flexibility index (Phi) is 1.86. The van der Waals surface area contributed by atoms with Gasteiger partial charge in [-0.2, -0.15) is 0 Å². The normalized spacial score (nSPS) is 25.4. The monoisotopic (exact) mass is 124 g/mol. The molecule has 0 bridgehead atoms. The molecule has 9 heavy (non-hydrogen) atoms. The molecule has 1 fully saturated rings. The van der Waals surface area contributed by atoms with E-state index >= 15 is 0 Å². The van der Waals surface area contributed by atoms with Crippen LogP contribution in [-0.2, 0) is 9.53 Å². The molecule has 0 radical (unpaired) electrons. The number of rotatable bonds is 1. The molecule has 1 unspecified atom stereocenters. The van der Waals surface area contributed by atoms with E-state index in [2.05, 4.69) is 5.92 Å². The van der Waals surface area contributed by atoms with Gasteiger partial charge < -0.3 is 4.74 Å². The number of Topliss-reactive ketones (excluding diaryl/α,β-unsaturated/α-hetero) is 1. The third-order valence-corrected chi connectivity index (χ3v) is 1.44. The minimum Gasteiger partial charge on any atom is -0.381 e. The lowest BCUT2D eigenvalue weighted by atomic mass is 10.1. The van der Waals surface area contributed by atoms with Crippen LogP contribution in [0.5, 0.6) is 0 Å². The van der Waals surface area contributed by atoms with Crippen LogP contribution in [0.2, 0.25) is 0 Å². The van der Waals surface area contributed by atoms with Gasteiger partial charge in [0.15, 0.2) is 0 Å². The van der Waals surface area contributed by atoms with Gasteiger partial charge in [0.2, 0.25) is 5.78 Å². The zero-order chi connectivity index (χ0) is 6.69. The molecule has 48 valence electrons. The highest BCUT2D eigenvalue weighted by atomic mass is 16.5. The third kappa shape index (κ3) is 1.30. The van der Waals surface area contributed by atoms with E-state index in [0.717, 1.165) is 6.42 Å². The van der Waals surface area contributed by atoms with E-state index in [1.165, 1.54) is 0 Å². The van der Waals surface area contributed by atoms with E-state index in [-0.39, 0.29) is 11.7 Å². The standard InChI is InChI=1S/C7H8O2/c1-2-7(8)6-3-4-9-5-6/h1,6H,3-5H2. The summed E-state index contributed by atoms with van der Waals surface area (Å²) in [6.07, 6.45) is 5.69. The van der Waals surface area contributed by atoms with Crippen LogP contribution in [0.4, 0.5) is 0 Å². The van der Waals surface area contributed by atoms with Crippen LogP contribution in [-0.4, -0.2) is 19.0 Å². The quantitative estimate of drug-likeness (QED) is 0.369. The molecule has 1 saturated heterocycles. The van der Waals surface area contributed by atoms with Crippen LogP contribution < -0.4 is 0 Å². The number of ether oxygens (including phenoxy) is 1. The van der Waals surface area contributed by atoms with Crippen molar-refractivity contribution in [1.82, 2.24) is 0 Å². The zero-order valence-electron chi connectivity index (χ0n) is 5.09. The average molecular weight is 124 g/mol. The first-order valence-corrected chi connectivity index (χ1v) is 2.93. The molecule has 0 aliphatic carbocycles. The maximum absolute atomic E-state index is 10.7. The lowest BCUT2D eigenvalue weighted by molar-refractivity contribution is -0.117. The summed E-state index contributed by atoms with van der Waals surface area (Å²) in [6, 6.07) is 0. The molecule has 1 aliphatic heterocycles. The fraction of sp³-hybridized carbons (Fsp3) is 0.571. The molecule has 0 aromatic rings. The second kappa shape index (κ2) is 2.65. The van der Waals surface area contributed by atoms with Crippen molar-refractivity contribution in [2.75, 3.05) is 13.2 Å². The maximum atomic E-state index is 10.7. The lowest BCUT2D eigenvalue weighted by Gasteiger charge is -1.96. The van der Waals surface area contributed by atoms with Gasteiger partial charge in [-0.15, -0.1) is 6.42 Å². The first kappa shape index (κ1) is 6.31. The molecular weight excluding hydrogens is 116 g/mol. The van der Waals surface area contributed by atoms with Gasteiger partial charge in [-0.05, 0) is 12.3 Å². The minimum absolute atomic E-state index is 0.0185. The molecule has 0 saturated carbocycles. The Labute approximate surface area is 54.2 Å². The van der Waals surface area contributed by atoms with Crippen molar-refractivity contribution < 1.29 is 9.53 Å². The van der Waals surface area contributed by atoms with Gasteiger partial charge >= 0.3 is 0 Å². The Morgan fingerprint density at radius 2 is 2.56 bits per heavy atom. The summed E-state index contributed by atoms with van der Waals surface area (Å²) in [7, 11) is 0. The topological polar surface area (TPSA) is 26.3 Å². The smallest absolute Gasteiger partial charge is 0.210 e. The summed E-state index contributed by atoms with van der Waals surface area (Å²) in [5, 5.41) is 0. The first-order valence-electron chi connectivity index (χ1n) is 2.93. The Morgan fingerprint density at radius 1 is 1.78 bits per heavy atom. The number of ketones is 1. The van der Waals surface area contributed by atoms with Crippen molar-refractivity contribution in [2.24, 2.45) is 5.92 Å². The molecule has 0 aromatic carbocycles. The highest BCUT2D eigenvalue weighted by Crippen LogP contribution is 2.12. The molecule has 1 aliphatic rings. The summed E-state index contributed by atoms with van der Waals surface area (Å²) in [6.45, 7) is 1.20. The van der Waals surface area contributed by atoms with Gasteiger partial charge in [0.05, 0.1) is 12.5 Å². The molecule has 2 nitrogen and oxygen atoms in total. The van der Waals surface area contributed by atoms with E-state index in [1.54, 1.807) is 0 Å². The van der Waals surface area contributed by atoms with Crippen molar-refractivity contribution >= 4 is 5.78 Å². The molecule has 0 aromatic heterocycles. The predicted molar refractivity (Wildman–Crippen MR) is 32.8 cm³/mol. The Balaban J connectivity index is 2.44. The third-order valence-electron chi connectivity index (χ3n) is 1.44. The maximum Gasteiger partial charge on any atom is 0.210 e. The van der Waals surface area contributed by atoms with Gasteiger partial charge in [0.25, 0.3) is 0 Å². The van der Waals surface area contributed by atoms with Crippen LogP contribution in [0, 0.1) is 18.3 Å². The lowest BCUT2D eigenvalue weighted by Crippen LogP contribution is -2.11. The number of terminal acetylenes is 1. The van der Waals surface area contributed by atoms with E-state index in [0.29, 0.717) is 13.2 Å². The number of hydrogen-bond acceptors (Lipinski definition) is 2. The van der Waals surface area contributed by atoms with Crippen LogP contribution in [0.3, 0.4) is 0 Å². The van der Waals surface area contributed by atoms with E-state index in [4.69, 9.17) is 11.2 Å². The molecule has 1 heterocycles. The van der Waals surface area contributed by atoms with Crippen LogP contribution in [0.15, 0.2) is 0 Å². The summed E-state index contributed by atoms with van der Waals surface area (Å²) in [5.74, 6) is 1.95. The summed E-state index contributed by atoms with van der Waals surface area (Å²) in [4.78, 5) is 10.7. The van der Waals surface area contributed by atoms with Crippen molar-refractivity contribution in [2.45, 2.75) is 6.42 Å². The molecule has 0 spiro atoms. The van der Waals surface area contributed by atoms with Crippen molar-refractivity contribution in [3.05, 3.63) is 0 Å². The number of carbonyl (C=O) groups is 1. The first-order chi connectivity index (χ1) is 4.34. The van der Waals surface area contributed by atoms with Gasteiger partial charge in [0, 0.05) is 6.61 Å². The summed E-state index contributed by atoms with van der Waals surface area (Å²) in [5.41, 5.74) is 0. The summed E-state index contributed by atoms with van der Waals surface area (Å²) >= 11 is 0. The number of hydrogen-bond donors (Lipinski definition) is 0. The Morgan fingerprint density at radius 3 is 3.00 bits per heavy atom. The van der Waals surface area contributed by atoms with Crippen LogP contribution in [0.1, 0.15) is 6.42 Å². The molecule has 1 atom stereocenters. The molecular formula is C7H8O2. The fourth-order valence-corrected chi connectivity index (χ4v) is 0.859. The Bertz CT molecular complexity index is 149. The van der Waals surface area contributed by atoms with Crippen LogP contribution in [0.25, 0.3) is 0 Å². The highest BCUT2D eigenvalue weighted by Gasteiger charge is 2.21. The van der Waals surface area contributed by atoms with E-state index in [9.17, 15) is 4.79 Å². The second-order valence-electron chi connectivity index (χ2n) is 2.07. The van der Waals surface area contributed by atoms with Crippen molar-refractivity contribution in [3.8, 4) is 12.3 Å².